The molecular weight excluding hydrogens is 416 g/mol. The molecular formula is C32H26O2. The summed E-state index contributed by atoms with van der Waals surface area (Å²) in [5.74, 6) is 1.01. The van der Waals surface area contributed by atoms with Crippen molar-refractivity contribution in [1.29, 1.82) is 0 Å². The van der Waals surface area contributed by atoms with Crippen molar-refractivity contribution in [3.05, 3.63) is 87.7 Å². The van der Waals surface area contributed by atoms with Gasteiger partial charge in [-0.15, -0.1) is 0 Å². The van der Waals surface area contributed by atoms with Crippen LogP contribution in [0, 0.1) is 13.8 Å². The molecule has 0 N–H and O–H groups in total. The molecule has 0 aliphatic heterocycles. The van der Waals surface area contributed by atoms with E-state index in [1.807, 2.05) is 0 Å². The van der Waals surface area contributed by atoms with Gasteiger partial charge in [0.15, 0.2) is 0 Å². The molecule has 0 unspecified atom stereocenters. The van der Waals surface area contributed by atoms with E-state index in [2.05, 4.69) is 86.7 Å². The lowest BCUT2D eigenvalue weighted by Crippen LogP contribution is -2.22. The predicted octanol–water partition coefficient (Wildman–Crippen LogP) is 7.44. The third kappa shape index (κ3) is 2.95. The first kappa shape index (κ1) is 19.7. The summed E-state index contributed by atoms with van der Waals surface area (Å²) < 4.78 is 12.8. The van der Waals surface area contributed by atoms with E-state index in [1.165, 1.54) is 43.8 Å². The Hall–Kier alpha value is -3.78. The third-order valence-electron chi connectivity index (χ3n) is 7.23. The third-order valence-corrected chi connectivity index (χ3v) is 7.23. The fourth-order valence-corrected chi connectivity index (χ4v) is 5.69. The van der Waals surface area contributed by atoms with E-state index < -0.39 is 0 Å². The molecule has 2 heterocycles. The molecule has 3 aromatic carbocycles. The smallest absolute Gasteiger partial charge is 0.143 e. The van der Waals surface area contributed by atoms with Crippen LogP contribution in [0.15, 0.2) is 63.4 Å². The van der Waals surface area contributed by atoms with E-state index in [0.717, 1.165) is 59.2 Å². The number of rotatable bonds is 2. The van der Waals surface area contributed by atoms with Crippen molar-refractivity contribution < 1.29 is 8.83 Å². The second kappa shape index (κ2) is 7.36. The van der Waals surface area contributed by atoms with Crippen molar-refractivity contribution in [2.45, 2.75) is 39.5 Å². The zero-order valence-electron chi connectivity index (χ0n) is 19.6. The van der Waals surface area contributed by atoms with E-state index >= 15 is 0 Å². The maximum atomic E-state index is 6.41. The normalized spacial score (nSPS) is 14.6. The average Bonchev–Trinajstić information content (AvgIpc) is 3.42. The molecule has 0 saturated heterocycles. The number of hydrogen-bond donors (Lipinski definition) is 0. The summed E-state index contributed by atoms with van der Waals surface area (Å²) in [6.45, 7) is 4.35. The molecule has 166 valence electrons. The molecule has 2 aromatic heterocycles. The second-order valence-corrected chi connectivity index (χ2v) is 9.71. The lowest BCUT2D eigenvalue weighted by Gasteiger charge is -2.09. The zero-order chi connectivity index (χ0) is 22.8. The van der Waals surface area contributed by atoms with Crippen LogP contribution in [0.5, 0.6) is 0 Å². The first-order valence-corrected chi connectivity index (χ1v) is 12.2. The van der Waals surface area contributed by atoms with Crippen LogP contribution < -0.4 is 10.6 Å². The van der Waals surface area contributed by atoms with E-state index in [4.69, 9.17) is 8.83 Å². The molecule has 0 spiro atoms. The van der Waals surface area contributed by atoms with Crippen molar-refractivity contribution in [1.82, 2.24) is 0 Å². The lowest BCUT2D eigenvalue weighted by atomic mass is 9.93. The Balaban J connectivity index is 1.46. The van der Waals surface area contributed by atoms with Gasteiger partial charge in [0.1, 0.15) is 22.3 Å². The number of allylic oxidation sites excluding steroid dienone is 1. The van der Waals surface area contributed by atoms with Gasteiger partial charge in [-0.05, 0) is 104 Å². The van der Waals surface area contributed by atoms with Gasteiger partial charge in [0.2, 0.25) is 0 Å². The maximum Gasteiger partial charge on any atom is 0.143 e. The Labute approximate surface area is 198 Å². The van der Waals surface area contributed by atoms with Gasteiger partial charge in [0, 0.05) is 32.7 Å². The summed E-state index contributed by atoms with van der Waals surface area (Å²) in [6, 6.07) is 17.8. The SMILES string of the molecule is Cc1cc(-c2cccc(-c3cc(C)cc4c5c(oc34)=CCCC=5)c2)c2oc3c(c2c1)CCC=C3. The van der Waals surface area contributed by atoms with E-state index in [1.54, 1.807) is 0 Å². The minimum atomic E-state index is 0.982. The van der Waals surface area contributed by atoms with Gasteiger partial charge in [-0.2, -0.15) is 0 Å². The quantitative estimate of drug-likeness (QED) is 0.284. The van der Waals surface area contributed by atoms with Gasteiger partial charge >= 0.3 is 0 Å². The fourth-order valence-electron chi connectivity index (χ4n) is 5.69. The summed E-state index contributed by atoms with van der Waals surface area (Å²) in [4.78, 5) is 0. The van der Waals surface area contributed by atoms with E-state index in [9.17, 15) is 0 Å². The molecule has 0 radical (unpaired) electrons. The zero-order valence-corrected chi connectivity index (χ0v) is 19.6. The van der Waals surface area contributed by atoms with Crippen LogP contribution in [0.3, 0.4) is 0 Å². The van der Waals surface area contributed by atoms with Crippen molar-refractivity contribution in [2.24, 2.45) is 0 Å². The molecule has 2 nitrogen and oxygen atoms in total. The monoisotopic (exact) mass is 442 g/mol. The van der Waals surface area contributed by atoms with Gasteiger partial charge < -0.3 is 8.83 Å². The Morgan fingerprint density at radius 2 is 1.41 bits per heavy atom. The number of hydrogen-bond acceptors (Lipinski definition) is 2. The molecule has 2 heteroatoms. The summed E-state index contributed by atoms with van der Waals surface area (Å²) in [5.41, 5.74) is 11.5. The molecule has 0 atom stereocenters. The predicted molar refractivity (Wildman–Crippen MR) is 141 cm³/mol. The molecule has 0 fully saturated rings. The highest BCUT2D eigenvalue weighted by molar-refractivity contribution is 5.99. The number of aryl methyl sites for hydroxylation is 3. The minimum Gasteiger partial charge on any atom is -0.456 e. The van der Waals surface area contributed by atoms with Gasteiger partial charge in [-0.1, -0.05) is 30.4 Å². The largest absolute Gasteiger partial charge is 0.456 e. The van der Waals surface area contributed by atoms with E-state index in [0.29, 0.717) is 0 Å². The highest BCUT2D eigenvalue weighted by Crippen LogP contribution is 2.39. The van der Waals surface area contributed by atoms with Gasteiger partial charge in [-0.25, -0.2) is 0 Å². The van der Waals surface area contributed by atoms with Gasteiger partial charge in [-0.3, -0.25) is 0 Å². The maximum absolute atomic E-state index is 6.41. The van der Waals surface area contributed by atoms with Crippen LogP contribution in [0.1, 0.15) is 41.7 Å². The fraction of sp³-hybridized carbons (Fsp3) is 0.188. The van der Waals surface area contributed by atoms with Crippen molar-refractivity contribution in [3.8, 4) is 22.3 Å². The highest BCUT2D eigenvalue weighted by atomic mass is 16.3. The second-order valence-electron chi connectivity index (χ2n) is 9.71. The van der Waals surface area contributed by atoms with Crippen LogP contribution in [0.25, 0.3) is 62.4 Å². The van der Waals surface area contributed by atoms with Crippen molar-refractivity contribution >= 4 is 40.2 Å². The van der Waals surface area contributed by atoms with E-state index in [-0.39, 0.29) is 0 Å². The molecule has 0 saturated carbocycles. The van der Waals surface area contributed by atoms with Gasteiger partial charge in [0.05, 0.1) is 0 Å². The average molecular weight is 443 g/mol. The topological polar surface area (TPSA) is 26.3 Å². The van der Waals surface area contributed by atoms with Crippen molar-refractivity contribution in [2.75, 3.05) is 0 Å². The number of furan rings is 2. The number of fused-ring (bicyclic) bond motifs is 6. The summed E-state index contributed by atoms with van der Waals surface area (Å²) in [5, 5.41) is 3.72. The summed E-state index contributed by atoms with van der Waals surface area (Å²) >= 11 is 0. The molecule has 0 amide bonds. The Morgan fingerprint density at radius 1 is 0.706 bits per heavy atom. The van der Waals surface area contributed by atoms with Crippen molar-refractivity contribution in [3.63, 3.8) is 0 Å². The first-order chi connectivity index (χ1) is 16.7. The van der Waals surface area contributed by atoms with Gasteiger partial charge in [0.25, 0.3) is 0 Å². The molecule has 0 bridgehead atoms. The minimum absolute atomic E-state index is 0.982. The van der Waals surface area contributed by atoms with Crippen LogP contribution in [-0.2, 0) is 6.42 Å². The molecule has 2 aliphatic carbocycles. The van der Waals surface area contributed by atoms with Crippen LogP contribution in [0.2, 0.25) is 0 Å². The summed E-state index contributed by atoms with van der Waals surface area (Å²) in [7, 11) is 0. The Kier molecular flexibility index (Phi) is 4.26. The highest BCUT2D eigenvalue weighted by Gasteiger charge is 2.19. The van der Waals surface area contributed by atoms with Crippen LogP contribution >= 0.6 is 0 Å². The first-order valence-electron chi connectivity index (χ1n) is 12.2. The molecule has 2 aliphatic rings. The van der Waals surface area contributed by atoms with Crippen LogP contribution in [0.4, 0.5) is 0 Å². The standard InChI is InChI=1S/C32H26O2/c1-19-14-25(31-27(16-19)23-10-3-5-12-29(23)33-31)21-8-7-9-22(18-21)26-15-20(2)17-28-24-11-4-6-13-30(24)34-32(26)28/h5,7-9,11-18H,3-4,6,10H2,1-2H3. The van der Waals surface area contributed by atoms with Crippen LogP contribution in [-0.4, -0.2) is 0 Å². The summed E-state index contributed by atoms with van der Waals surface area (Å²) in [6.07, 6.45) is 13.1. The number of benzene rings is 3. The molecule has 5 aromatic rings. The molecule has 34 heavy (non-hydrogen) atoms. The lowest BCUT2D eigenvalue weighted by molar-refractivity contribution is 0.572. The Bertz CT molecular complexity index is 1770. The molecule has 7 rings (SSSR count). The Morgan fingerprint density at radius 3 is 2.21 bits per heavy atom.